The van der Waals surface area contributed by atoms with Gasteiger partial charge in [0.15, 0.2) is 11.6 Å². The molecule has 2 fully saturated rings. The van der Waals surface area contributed by atoms with Crippen molar-refractivity contribution in [1.29, 1.82) is 0 Å². The number of aromatic amines is 1. The van der Waals surface area contributed by atoms with Crippen LogP contribution in [0.15, 0.2) is 29.2 Å². The van der Waals surface area contributed by atoms with Crippen LogP contribution in [0.1, 0.15) is 39.5 Å². The van der Waals surface area contributed by atoms with Gasteiger partial charge in [0.2, 0.25) is 5.95 Å². The van der Waals surface area contributed by atoms with Crippen molar-refractivity contribution in [1.82, 2.24) is 29.4 Å². The molecule has 2 aliphatic heterocycles. The molecular weight excluding hydrogens is 427 g/mol. The molecule has 0 bridgehead atoms. The summed E-state index contributed by atoms with van der Waals surface area (Å²) in [6, 6.07) is 5.32. The Kier molecular flexibility index (Phi) is 5.15. The maximum atomic E-state index is 14.6. The maximum absolute atomic E-state index is 14.6. The van der Waals surface area contributed by atoms with E-state index in [1.54, 1.807) is 19.2 Å². The summed E-state index contributed by atoms with van der Waals surface area (Å²) in [5.41, 5.74) is 0.586. The molecule has 1 aromatic carbocycles. The third kappa shape index (κ3) is 3.97. The molecule has 4 heterocycles. The van der Waals surface area contributed by atoms with Crippen LogP contribution >= 0.6 is 0 Å². The number of H-pyrrole nitrogens is 1. The van der Waals surface area contributed by atoms with Crippen molar-refractivity contribution >= 4 is 17.5 Å². The van der Waals surface area contributed by atoms with Gasteiger partial charge in [0, 0.05) is 30.4 Å². The number of aromatic hydroxyl groups is 1. The lowest BCUT2D eigenvalue weighted by atomic mass is 9.84. The highest BCUT2D eigenvalue weighted by atomic mass is 19.1. The number of benzene rings is 1. The first-order valence-corrected chi connectivity index (χ1v) is 11.2. The van der Waals surface area contributed by atoms with Crippen molar-refractivity contribution in [3.8, 4) is 11.4 Å². The minimum Gasteiger partial charge on any atom is -0.506 e. The highest BCUT2D eigenvalue weighted by Crippen LogP contribution is 2.38. The van der Waals surface area contributed by atoms with Crippen LogP contribution < -0.4 is 16.3 Å². The van der Waals surface area contributed by atoms with Crippen LogP contribution in [-0.2, 0) is 7.05 Å². The summed E-state index contributed by atoms with van der Waals surface area (Å²) < 4.78 is 17.1. The van der Waals surface area contributed by atoms with Gasteiger partial charge < -0.3 is 15.7 Å². The summed E-state index contributed by atoms with van der Waals surface area (Å²) in [5.74, 6) is -0.178. The monoisotopic (exact) mass is 456 g/mol. The third-order valence-corrected chi connectivity index (χ3v) is 6.74. The molecule has 3 aromatic rings. The number of halogens is 1. The molecule has 11 heteroatoms. The van der Waals surface area contributed by atoms with Crippen LogP contribution in [0.5, 0.6) is 5.75 Å². The van der Waals surface area contributed by atoms with Gasteiger partial charge in [-0.05, 0) is 64.3 Å². The number of aryl methyl sites for hydroxylation is 1. The Morgan fingerprint density at radius 2 is 2.15 bits per heavy atom. The molecule has 2 aromatic heterocycles. The van der Waals surface area contributed by atoms with Crippen molar-refractivity contribution < 1.29 is 9.50 Å². The number of fused-ring (bicyclic) bond motifs is 1. The number of nitrogens with one attached hydrogen (secondary N) is 3. The number of hydrogen-bond acceptors (Lipinski definition) is 7. The first-order valence-electron chi connectivity index (χ1n) is 11.2. The quantitative estimate of drug-likeness (QED) is 0.436. The topological polar surface area (TPSA) is 116 Å². The molecule has 0 saturated carbocycles. The first kappa shape index (κ1) is 21.5. The minimum absolute atomic E-state index is 0.0561. The molecule has 10 nitrogen and oxygen atoms in total. The van der Waals surface area contributed by atoms with Crippen LogP contribution in [-0.4, -0.2) is 58.7 Å². The molecule has 5 rings (SSSR count). The Bertz CT molecular complexity index is 1230. The van der Waals surface area contributed by atoms with Crippen LogP contribution in [0.25, 0.3) is 5.69 Å². The largest absolute Gasteiger partial charge is 0.506 e. The number of piperidine rings is 1. The van der Waals surface area contributed by atoms with E-state index in [0.717, 1.165) is 25.6 Å². The number of aromatic nitrogens is 5. The number of nitrogens with zero attached hydrogens (tertiary/aromatic N) is 5. The summed E-state index contributed by atoms with van der Waals surface area (Å²) in [6.07, 6.45) is 5.39. The molecule has 0 spiro atoms. The van der Waals surface area contributed by atoms with Crippen molar-refractivity contribution in [2.45, 2.75) is 57.2 Å². The van der Waals surface area contributed by atoms with Gasteiger partial charge in [-0.15, -0.1) is 0 Å². The Morgan fingerprint density at radius 1 is 1.33 bits per heavy atom. The fourth-order valence-corrected chi connectivity index (χ4v) is 5.25. The molecule has 4 N–H and O–H groups in total. The zero-order chi connectivity index (χ0) is 23.3. The van der Waals surface area contributed by atoms with Gasteiger partial charge >= 0.3 is 5.69 Å². The SMILES string of the molecule is Cn1[nH]n(-c2cc(Nc3ncc(F)c(NC4CC5CCCN5C(C)(C)C4)n3)ccc2O)c1=O. The molecule has 2 saturated heterocycles. The number of rotatable bonds is 5. The average molecular weight is 457 g/mol. The lowest BCUT2D eigenvalue weighted by molar-refractivity contribution is 0.0500. The lowest BCUT2D eigenvalue weighted by Gasteiger charge is -2.47. The molecule has 0 aliphatic carbocycles. The second-order valence-electron chi connectivity index (χ2n) is 9.58. The lowest BCUT2D eigenvalue weighted by Crippen LogP contribution is -2.55. The van der Waals surface area contributed by atoms with E-state index in [4.69, 9.17) is 0 Å². The van der Waals surface area contributed by atoms with Gasteiger partial charge in [-0.25, -0.2) is 24.1 Å². The number of phenols is 1. The number of hydrogen-bond donors (Lipinski definition) is 4. The summed E-state index contributed by atoms with van der Waals surface area (Å²) in [6.45, 7) is 5.63. The van der Waals surface area contributed by atoms with Crippen LogP contribution in [0.3, 0.4) is 0 Å². The van der Waals surface area contributed by atoms with E-state index >= 15 is 0 Å². The van der Waals surface area contributed by atoms with Gasteiger partial charge in [-0.2, -0.15) is 9.67 Å². The second kappa shape index (κ2) is 7.91. The van der Waals surface area contributed by atoms with Crippen molar-refractivity contribution in [2.24, 2.45) is 7.05 Å². The van der Waals surface area contributed by atoms with Crippen molar-refractivity contribution in [3.05, 3.63) is 40.7 Å². The van der Waals surface area contributed by atoms with E-state index in [1.807, 2.05) is 0 Å². The zero-order valence-electron chi connectivity index (χ0n) is 19.0. The van der Waals surface area contributed by atoms with E-state index in [0.29, 0.717) is 11.7 Å². The fourth-order valence-electron chi connectivity index (χ4n) is 5.25. The zero-order valence-corrected chi connectivity index (χ0v) is 19.0. The highest BCUT2D eigenvalue weighted by Gasteiger charge is 2.43. The first-order chi connectivity index (χ1) is 15.7. The predicted octanol–water partition coefficient (Wildman–Crippen LogP) is 2.70. The Balaban J connectivity index is 1.35. The van der Waals surface area contributed by atoms with Crippen molar-refractivity contribution in [3.63, 3.8) is 0 Å². The van der Waals surface area contributed by atoms with Gasteiger partial charge in [-0.3, -0.25) is 4.90 Å². The van der Waals surface area contributed by atoms with Crippen molar-refractivity contribution in [2.75, 3.05) is 17.2 Å². The summed E-state index contributed by atoms with van der Waals surface area (Å²) in [7, 11) is 1.58. The van der Waals surface area contributed by atoms with E-state index in [1.165, 1.54) is 28.3 Å². The van der Waals surface area contributed by atoms with Gasteiger partial charge in [-0.1, -0.05) is 0 Å². The van der Waals surface area contributed by atoms with E-state index < -0.39 is 5.82 Å². The molecule has 2 unspecified atom stereocenters. The number of phenolic OH excluding ortho intramolecular Hbond substituents is 1. The molecule has 2 atom stereocenters. The third-order valence-electron chi connectivity index (χ3n) is 6.74. The Labute approximate surface area is 190 Å². The fraction of sp³-hybridized carbons (Fsp3) is 0.500. The van der Waals surface area contributed by atoms with E-state index in [-0.39, 0.29) is 40.5 Å². The van der Waals surface area contributed by atoms with Gasteiger partial charge in [0.25, 0.3) is 0 Å². The molecule has 0 radical (unpaired) electrons. The normalized spacial score (nSPS) is 22.3. The van der Waals surface area contributed by atoms with Gasteiger partial charge in [0.1, 0.15) is 11.4 Å². The van der Waals surface area contributed by atoms with Gasteiger partial charge in [0.05, 0.1) is 6.20 Å². The maximum Gasteiger partial charge on any atom is 0.364 e. The second-order valence-corrected chi connectivity index (χ2v) is 9.58. The molecule has 2 aliphatic rings. The van der Waals surface area contributed by atoms with Crippen LogP contribution in [0, 0.1) is 5.82 Å². The molecular formula is C22H29FN8O2. The van der Waals surface area contributed by atoms with E-state index in [9.17, 15) is 14.3 Å². The minimum atomic E-state index is -0.503. The molecule has 33 heavy (non-hydrogen) atoms. The van der Waals surface area contributed by atoms with Crippen LogP contribution in [0.4, 0.5) is 21.8 Å². The molecule has 176 valence electrons. The average Bonchev–Trinajstić information content (AvgIpc) is 3.25. The summed E-state index contributed by atoms with van der Waals surface area (Å²) in [5, 5.41) is 19.2. The van der Waals surface area contributed by atoms with Crippen LogP contribution in [0.2, 0.25) is 0 Å². The Morgan fingerprint density at radius 3 is 2.91 bits per heavy atom. The number of anilines is 3. The standard InChI is InChI=1S/C22H29FN8O2/c1-22(2)11-14(9-15-5-4-8-30(15)22)25-19-16(23)12-24-20(27-19)26-13-6-7-18(32)17(10-13)31-21(33)29(3)28-31/h6-7,10,12,14-15,28,32H,4-5,8-9,11H2,1-3H3,(H2,24,25,26,27). The predicted molar refractivity (Wildman–Crippen MR) is 123 cm³/mol. The van der Waals surface area contributed by atoms with E-state index in [2.05, 4.69) is 44.6 Å². The highest BCUT2D eigenvalue weighted by molar-refractivity contribution is 5.62. The summed E-state index contributed by atoms with van der Waals surface area (Å²) >= 11 is 0. The summed E-state index contributed by atoms with van der Waals surface area (Å²) in [4.78, 5) is 22.9. The molecule has 0 amide bonds. The smallest absolute Gasteiger partial charge is 0.364 e. The Hall–Kier alpha value is -3.34.